The van der Waals surface area contributed by atoms with Gasteiger partial charge in [0.2, 0.25) is 5.95 Å². The van der Waals surface area contributed by atoms with Crippen LogP contribution in [0.1, 0.15) is 55.3 Å². The number of nitrogen functional groups attached to an aromatic ring is 1. The van der Waals surface area contributed by atoms with Crippen molar-refractivity contribution in [1.82, 2.24) is 19.7 Å². The van der Waals surface area contributed by atoms with Crippen molar-refractivity contribution in [3.05, 3.63) is 34.9 Å². The van der Waals surface area contributed by atoms with Crippen molar-refractivity contribution < 1.29 is 5.11 Å². The van der Waals surface area contributed by atoms with Gasteiger partial charge in [-0.3, -0.25) is 4.68 Å². The van der Waals surface area contributed by atoms with Crippen LogP contribution in [0.5, 0.6) is 0 Å². The monoisotopic (exact) mass is 345 g/mol. The fraction of sp³-hybridized carbons (Fsp3) is 0.632. The van der Waals surface area contributed by atoms with Crippen LogP contribution >= 0.6 is 0 Å². The minimum absolute atomic E-state index is 0.220. The van der Waals surface area contributed by atoms with Crippen molar-refractivity contribution in [3.63, 3.8) is 0 Å². The van der Waals surface area contributed by atoms with Crippen LogP contribution in [0.4, 0.5) is 5.95 Å². The molecule has 0 spiro atoms. The first kappa shape index (κ1) is 19.4. The van der Waals surface area contributed by atoms with Crippen molar-refractivity contribution in [3.8, 4) is 0 Å². The number of aromatic nitrogens is 4. The Morgan fingerprint density at radius 1 is 1.28 bits per heavy atom. The minimum atomic E-state index is 0.220. The third kappa shape index (κ3) is 5.81. The highest BCUT2D eigenvalue weighted by atomic mass is 16.3. The van der Waals surface area contributed by atoms with Gasteiger partial charge in [0.05, 0.1) is 5.69 Å². The second-order valence-corrected chi connectivity index (χ2v) is 6.83. The van der Waals surface area contributed by atoms with E-state index in [1.807, 2.05) is 17.9 Å². The Labute approximate surface area is 150 Å². The topological polar surface area (TPSA) is 89.9 Å². The fourth-order valence-electron chi connectivity index (χ4n) is 3.16. The number of hydrogen-bond donors (Lipinski definition) is 2. The molecule has 0 amide bonds. The lowest BCUT2D eigenvalue weighted by Crippen LogP contribution is -2.13. The Bertz CT molecular complexity index is 648. The molecule has 6 heteroatoms. The molecular formula is C19H31N5O. The predicted molar refractivity (Wildman–Crippen MR) is 100 cm³/mol. The largest absolute Gasteiger partial charge is 0.396 e. The second kappa shape index (κ2) is 9.51. The lowest BCUT2D eigenvalue weighted by Gasteiger charge is -2.17. The summed E-state index contributed by atoms with van der Waals surface area (Å²) in [6, 6.07) is 2.12. The van der Waals surface area contributed by atoms with Crippen molar-refractivity contribution in [2.24, 2.45) is 13.0 Å². The molecular weight excluding hydrogens is 314 g/mol. The number of nitrogens with zero attached hydrogens (tertiary/aromatic N) is 4. The Morgan fingerprint density at radius 2 is 2.08 bits per heavy atom. The van der Waals surface area contributed by atoms with Crippen LogP contribution in [-0.2, 0) is 26.3 Å². The van der Waals surface area contributed by atoms with E-state index >= 15 is 0 Å². The zero-order valence-electron chi connectivity index (χ0n) is 15.7. The Balaban J connectivity index is 2.09. The molecule has 0 aliphatic carbocycles. The number of aliphatic hydroxyl groups excluding tert-OH is 1. The molecule has 25 heavy (non-hydrogen) atoms. The van der Waals surface area contributed by atoms with Gasteiger partial charge in [0, 0.05) is 31.2 Å². The van der Waals surface area contributed by atoms with Crippen LogP contribution in [0.25, 0.3) is 0 Å². The molecule has 0 radical (unpaired) electrons. The molecule has 0 aromatic carbocycles. The summed E-state index contributed by atoms with van der Waals surface area (Å²) in [5, 5.41) is 13.9. The highest BCUT2D eigenvalue weighted by Crippen LogP contribution is 2.21. The molecule has 2 heterocycles. The van der Waals surface area contributed by atoms with E-state index in [0.717, 1.165) is 54.7 Å². The molecule has 0 fully saturated rings. The van der Waals surface area contributed by atoms with Crippen LogP contribution in [0.3, 0.4) is 0 Å². The van der Waals surface area contributed by atoms with E-state index < -0.39 is 0 Å². The lowest BCUT2D eigenvalue weighted by atomic mass is 9.91. The molecule has 0 bridgehead atoms. The van der Waals surface area contributed by atoms with Gasteiger partial charge in [-0.2, -0.15) is 5.10 Å². The van der Waals surface area contributed by atoms with Crippen molar-refractivity contribution in [1.29, 1.82) is 0 Å². The molecule has 3 N–H and O–H groups in total. The Hall–Kier alpha value is -1.95. The molecule has 0 unspecified atom stereocenters. The van der Waals surface area contributed by atoms with Crippen molar-refractivity contribution in [2.75, 3.05) is 12.3 Å². The Morgan fingerprint density at radius 3 is 2.72 bits per heavy atom. The Kier molecular flexibility index (Phi) is 7.37. The number of aryl methyl sites for hydroxylation is 4. The van der Waals surface area contributed by atoms with Crippen molar-refractivity contribution >= 4 is 5.95 Å². The van der Waals surface area contributed by atoms with E-state index in [1.54, 1.807) is 0 Å². The number of aliphatic hydroxyl groups is 1. The average Bonchev–Trinajstić information content (AvgIpc) is 2.90. The molecule has 2 aromatic heterocycles. The molecule has 0 aliphatic rings. The molecule has 0 saturated heterocycles. The zero-order chi connectivity index (χ0) is 18.2. The number of unbranched alkanes of at least 4 members (excludes halogenated alkanes) is 1. The van der Waals surface area contributed by atoms with Gasteiger partial charge in [-0.05, 0) is 56.6 Å². The summed E-state index contributed by atoms with van der Waals surface area (Å²) in [4.78, 5) is 8.68. The third-order valence-electron chi connectivity index (χ3n) is 4.77. The molecule has 0 saturated carbocycles. The molecule has 6 nitrogen and oxygen atoms in total. The standard InChI is InChI=1S/C19H31N5O/c1-4-5-6-15(9-10-25)12-18-16(13-21-19(20)22-18)7-8-17-11-14(2)24(3)23-17/h11,13,15,25H,4-10,12H2,1-3H3,(H2,20,21,22)/t15-/m0/s1. The maximum Gasteiger partial charge on any atom is 0.220 e. The number of nitrogens with two attached hydrogens (primary N) is 1. The summed E-state index contributed by atoms with van der Waals surface area (Å²) < 4.78 is 1.90. The van der Waals surface area contributed by atoms with Gasteiger partial charge in [-0.15, -0.1) is 0 Å². The normalized spacial score (nSPS) is 12.5. The first-order valence-corrected chi connectivity index (χ1v) is 9.24. The summed E-state index contributed by atoms with van der Waals surface area (Å²) in [6.45, 7) is 4.47. The highest BCUT2D eigenvalue weighted by Gasteiger charge is 2.15. The quantitative estimate of drug-likeness (QED) is 0.691. The SMILES string of the molecule is CCCC[C@@H](CCO)Cc1nc(N)ncc1CCc1cc(C)n(C)n1. The van der Waals surface area contributed by atoms with Gasteiger partial charge in [0.25, 0.3) is 0 Å². The lowest BCUT2D eigenvalue weighted by molar-refractivity contribution is 0.248. The average molecular weight is 345 g/mol. The summed E-state index contributed by atoms with van der Waals surface area (Å²) in [5.74, 6) is 0.765. The molecule has 0 aliphatic heterocycles. The van der Waals surface area contributed by atoms with Gasteiger partial charge < -0.3 is 10.8 Å². The smallest absolute Gasteiger partial charge is 0.220 e. The van der Waals surface area contributed by atoms with E-state index in [-0.39, 0.29) is 6.61 Å². The summed E-state index contributed by atoms with van der Waals surface area (Å²) in [6.07, 6.45) is 8.68. The van der Waals surface area contributed by atoms with E-state index in [2.05, 4.69) is 35.0 Å². The fourth-order valence-corrected chi connectivity index (χ4v) is 3.16. The second-order valence-electron chi connectivity index (χ2n) is 6.83. The number of hydrogen-bond acceptors (Lipinski definition) is 5. The maximum absolute atomic E-state index is 9.35. The van der Waals surface area contributed by atoms with Crippen LogP contribution < -0.4 is 5.73 Å². The molecule has 1 atom stereocenters. The molecule has 2 aromatic rings. The zero-order valence-corrected chi connectivity index (χ0v) is 15.7. The van der Waals surface area contributed by atoms with Gasteiger partial charge in [-0.25, -0.2) is 9.97 Å². The van der Waals surface area contributed by atoms with E-state index in [9.17, 15) is 5.11 Å². The number of rotatable bonds is 10. The van der Waals surface area contributed by atoms with Gasteiger partial charge >= 0.3 is 0 Å². The first-order valence-electron chi connectivity index (χ1n) is 9.24. The van der Waals surface area contributed by atoms with E-state index in [1.165, 1.54) is 12.8 Å². The third-order valence-corrected chi connectivity index (χ3v) is 4.77. The summed E-state index contributed by atoms with van der Waals surface area (Å²) >= 11 is 0. The van der Waals surface area contributed by atoms with Crippen LogP contribution in [0.15, 0.2) is 12.3 Å². The first-order chi connectivity index (χ1) is 12.0. The van der Waals surface area contributed by atoms with Gasteiger partial charge in [0.15, 0.2) is 0 Å². The molecule has 138 valence electrons. The summed E-state index contributed by atoms with van der Waals surface area (Å²) in [5.41, 5.74) is 10.2. The predicted octanol–water partition coefficient (Wildman–Crippen LogP) is 2.62. The van der Waals surface area contributed by atoms with Crippen LogP contribution in [-0.4, -0.2) is 31.5 Å². The highest BCUT2D eigenvalue weighted by molar-refractivity contribution is 5.26. The molecule has 2 rings (SSSR count). The van der Waals surface area contributed by atoms with E-state index in [4.69, 9.17) is 5.73 Å². The van der Waals surface area contributed by atoms with Crippen LogP contribution in [0, 0.1) is 12.8 Å². The maximum atomic E-state index is 9.35. The van der Waals surface area contributed by atoms with Gasteiger partial charge in [-0.1, -0.05) is 19.8 Å². The summed E-state index contributed by atoms with van der Waals surface area (Å²) in [7, 11) is 1.96. The minimum Gasteiger partial charge on any atom is -0.396 e. The van der Waals surface area contributed by atoms with Crippen LogP contribution in [0.2, 0.25) is 0 Å². The van der Waals surface area contributed by atoms with E-state index in [0.29, 0.717) is 11.9 Å². The van der Waals surface area contributed by atoms with Gasteiger partial charge in [0.1, 0.15) is 0 Å². The number of anilines is 1. The van der Waals surface area contributed by atoms with Crippen molar-refractivity contribution in [2.45, 2.75) is 58.8 Å².